The molecular formula is C22H19NO2S. The molecule has 130 valence electrons. The lowest BCUT2D eigenvalue weighted by atomic mass is 10.00. The summed E-state index contributed by atoms with van der Waals surface area (Å²) in [7, 11) is 0. The number of nitrogen functional groups attached to an aromatic ring is 1. The van der Waals surface area contributed by atoms with Crippen LogP contribution in [0.5, 0.6) is 0 Å². The number of benzene rings is 2. The first-order valence-electron chi connectivity index (χ1n) is 8.45. The van der Waals surface area contributed by atoms with Gasteiger partial charge in [0, 0.05) is 20.7 Å². The van der Waals surface area contributed by atoms with Gasteiger partial charge in [0.2, 0.25) is 5.78 Å². The number of ketones is 1. The standard InChI is InChI=1S/C22H19NO2S/c1-12-4-7-16(13(2)10-12)21(24)22-20(23)17-8-6-15(11-18(17)25-22)19-9-5-14(3)26-19/h4-11H,23H2,1-3H3. The maximum absolute atomic E-state index is 13.0. The topological polar surface area (TPSA) is 56.2 Å². The van der Waals surface area contributed by atoms with Gasteiger partial charge in [0.15, 0.2) is 5.76 Å². The second-order valence-corrected chi connectivity index (χ2v) is 7.90. The van der Waals surface area contributed by atoms with Crippen LogP contribution in [0.15, 0.2) is 52.9 Å². The zero-order valence-electron chi connectivity index (χ0n) is 14.9. The molecule has 0 spiro atoms. The van der Waals surface area contributed by atoms with Crippen molar-refractivity contribution in [3.8, 4) is 10.4 Å². The lowest BCUT2D eigenvalue weighted by Gasteiger charge is -2.04. The molecule has 0 unspecified atom stereocenters. The minimum atomic E-state index is -0.176. The van der Waals surface area contributed by atoms with E-state index in [-0.39, 0.29) is 11.5 Å². The second-order valence-electron chi connectivity index (χ2n) is 6.61. The van der Waals surface area contributed by atoms with Gasteiger partial charge in [-0.05, 0) is 56.2 Å². The molecule has 4 rings (SSSR count). The summed E-state index contributed by atoms with van der Waals surface area (Å²) in [5.41, 5.74) is 11.0. The first kappa shape index (κ1) is 16.6. The van der Waals surface area contributed by atoms with E-state index in [0.29, 0.717) is 16.8 Å². The first-order chi connectivity index (χ1) is 12.4. The minimum Gasteiger partial charge on any atom is -0.450 e. The minimum absolute atomic E-state index is 0.176. The third-order valence-corrected chi connectivity index (χ3v) is 5.64. The summed E-state index contributed by atoms with van der Waals surface area (Å²) in [5.74, 6) is 0.0381. The molecule has 0 bridgehead atoms. The molecule has 0 atom stereocenters. The highest BCUT2D eigenvalue weighted by atomic mass is 32.1. The summed E-state index contributed by atoms with van der Waals surface area (Å²) in [4.78, 5) is 15.4. The zero-order chi connectivity index (χ0) is 18.4. The van der Waals surface area contributed by atoms with Gasteiger partial charge in [-0.3, -0.25) is 4.79 Å². The molecule has 0 saturated carbocycles. The average molecular weight is 361 g/mol. The second kappa shape index (κ2) is 6.15. The normalized spacial score (nSPS) is 11.2. The van der Waals surface area contributed by atoms with E-state index in [1.54, 1.807) is 11.3 Å². The van der Waals surface area contributed by atoms with Crippen molar-refractivity contribution >= 4 is 33.8 Å². The zero-order valence-corrected chi connectivity index (χ0v) is 15.7. The van der Waals surface area contributed by atoms with E-state index in [4.69, 9.17) is 10.2 Å². The highest BCUT2D eigenvalue weighted by molar-refractivity contribution is 7.15. The lowest BCUT2D eigenvalue weighted by molar-refractivity contribution is 0.101. The smallest absolute Gasteiger partial charge is 0.230 e. The number of fused-ring (bicyclic) bond motifs is 1. The molecule has 4 heteroatoms. The van der Waals surface area contributed by atoms with Gasteiger partial charge in [0.1, 0.15) is 5.58 Å². The van der Waals surface area contributed by atoms with Crippen LogP contribution in [0.25, 0.3) is 21.4 Å². The highest BCUT2D eigenvalue weighted by Crippen LogP contribution is 2.35. The summed E-state index contributed by atoms with van der Waals surface area (Å²) in [6.45, 7) is 6.01. The summed E-state index contributed by atoms with van der Waals surface area (Å²) in [5, 5.41) is 0.773. The van der Waals surface area contributed by atoms with Crippen molar-refractivity contribution in [3.05, 3.63) is 75.9 Å². The fourth-order valence-corrected chi connectivity index (χ4v) is 4.08. The molecule has 4 aromatic rings. The van der Waals surface area contributed by atoms with E-state index in [1.807, 2.05) is 50.2 Å². The Morgan fingerprint density at radius 3 is 2.50 bits per heavy atom. The monoisotopic (exact) mass is 361 g/mol. The third kappa shape index (κ3) is 2.72. The van der Waals surface area contributed by atoms with Gasteiger partial charge in [-0.1, -0.05) is 29.8 Å². The average Bonchev–Trinajstić information content (AvgIpc) is 3.18. The molecule has 0 aliphatic carbocycles. The highest BCUT2D eigenvalue weighted by Gasteiger charge is 2.21. The molecule has 0 aliphatic heterocycles. The number of hydrogen-bond acceptors (Lipinski definition) is 4. The molecule has 0 radical (unpaired) electrons. The van der Waals surface area contributed by atoms with Crippen molar-refractivity contribution < 1.29 is 9.21 Å². The number of anilines is 1. The van der Waals surface area contributed by atoms with Crippen LogP contribution < -0.4 is 5.73 Å². The Morgan fingerprint density at radius 2 is 1.81 bits per heavy atom. The van der Waals surface area contributed by atoms with Gasteiger partial charge < -0.3 is 10.2 Å². The number of hydrogen-bond donors (Lipinski definition) is 1. The van der Waals surface area contributed by atoms with E-state index in [1.165, 1.54) is 9.75 Å². The number of thiophene rings is 1. The molecule has 0 amide bonds. The number of carbonyl (C=O) groups is 1. The molecule has 0 aliphatic rings. The number of carbonyl (C=O) groups excluding carboxylic acids is 1. The van der Waals surface area contributed by atoms with Crippen LogP contribution in [0.1, 0.15) is 32.1 Å². The molecule has 26 heavy (non-hydrogen) atoms. The maximum atomic E-state index is 13.0. The molecule has 2 aromatic heterocycles. The van der Waals surface area contributed by atoms with Crippen LogP contribution in [0.2, 0.25) is 0 Å². The Balaban J connectivity index is 1.81. The van der Waals surface area contributed by atoms with Crippen LogP contribution in [-0.2, 0) is 0 Å². The molecule has 3 nitrogen and oxygen atoms in total. The fourth-order valence-electron chi connectivity index (χ4n) is 3.22. The Kier molecular flexibility index (Phi) is 3.93. The van der Waals surface area contributed by atoms with E-state index in [9.17, 15) is 4.79 Å². The molecule has 0 saturated heterocycles. The molecular weight excluding hydrogens is 342 g/mol. The Labute approximate surface area is 156 Å². The summed E-state index contributed by atoms with van der Waals surface area (Å²) >= 11 is 1.73. The van der Waals surface area contributed by atoms with E-state index >= 15 is 0 Å². The number of aryl methyl sites for hydroxylation is 3. The van der Waals surface area contributed by atoms with Crippen LogP contribution in [0.4, 0.5) is 5.69 Å². The largest absolute Gasteiger partial charge is 0.450 e. The number of nitrogens with two attached hydrogens (primary N) is 1. The molecule has 2 aromatic carbocycles. The predicted octanol–water partition coefficient (Wildman–Crippen LogP) is 5.90. The molecule has 2 heterocycles. The molecule has 0 fully saturated rings. The van der Waals surface area contributed by atoms with Crippen LogP contribution in [0.3, 0.4) is 0 Å². The van der Waals surface area contributed by atoms with Gasteiger partial charge in [-0.2, -0.15) is 0 Å². The Bertz CT molecular complexity index is 1150. The number of rotatable bonds is 3. The van der Waals surface area contributed by atoms with Crippen LogP contribution in [-0.4, -0.2) is 5.78 Å². The van der Waals surface area contributed by atoms with Crippen molar-refractivity contribution in [3.63, 3.8) is 0 Å². The van der Waals surface area contributed by atoms with Crippen molar-refractivity contribution in [1.29, 1.82) is 0 Å². The predicted molar refractivity (Wildman–Crippen MR) is 108 cm³/mol. The van der Waals surface area contributed by atoms with Crippen molar-refractivity contribution in [1.82, 2.24) is 0 Å². The van der Waals surface area contributed by atoms with Crippen molar-refractivity contribution in [2.75, 3.05) is 5.73 Å². The van der Waals surface area contributed by atoms with E-state index in [0.717, 1.165) is 22.1 Å². The van der Waals surface area contributed by atoms with Gasteiger partial charge in [0.25, 0.3) is 0 Å². The van der Waals surface area contributed by atoms with Crippen molar-refractivity contribution in [2.24, 2.45) is 0 Å². The van der Waals surface area contributed by atoms with Gasteiger partial charge in [-0.25, -0.2) is 0 Å². The maximum Gasteiger partial charge on any atom is 0.230 e. The Morgan fingerprint density at radius 1 is 1.00 bits per heavy atom. The SMILES string of the molecule is Cc1ccc(C(=O)c2oc3cc(-c4ccc(C)s4)ccc3c2N)c(C)c1. The first-order valence-corrected chi connectivity index (χ1v) is 9.26. The Hall–Kier alpha value is -2.85. The summed E-state index contributed by atoms with van der Waals surface area (Å²) in [6.07, 6.45) is 0. The van der Waals surface area contributed by atoms with Gasteiger partial charge >= 0.3 is 0 Å². The quantitative estimate of drug-likeness (QED) is 0.462. The lowest BCUT2D eigenvalue weighted by Crippen LogP contribution is -2.05. The van der Waals surface area contributed by atoms with E-state index < -0.39 is 0 Å². The van der Waals surface area contributed by atoms with Gasteiger partial charge in [-0.15, -0.1) is 11.3 Å². The third-order valence-electron chi connectivity index (χ3n) is 4.59. The van der Waals surface area contributed by atoms with Gasteiger partial charge in [0.05, 0.1) is 5.69 Å². The van der Waals surface area contributed by atoms with Crippen LogP contribution in [0, 0.1) is 20.8 Å². The van der Waals surface area contributed by atoms with Crippen molar-refractivity contribution in [2.45, 2.75) is 20.8 Å². The number of furan rings is 1. The summed E-state index contributed by atoms with van der Waals surface area (Å²) in [6, 6.07) is 15.8. The summed E-state index contributed by atoms with van der Waals surface area (Å²) < 4.78 is 5.90. The fraction of sp³-hybridized carbons (Fsp3) is 0.136. The van der Waals surface area contributed by atoms with Crippen LogP contribution >= 0.6 is 11.3 Å². The van der Waals surface area contributed by atoms with E-state index in [2.05, 4.69) is 19.1 Å². The molecule has 2 N–H and O–H groups in total.